The third-order valence-corrected chi connectivity index (χ3v) is 2.63. The van der Waals surface area contributed by atoms with Gasteiger partial charge in [0.1, 0.15) is 5.71 Å². The lowest BCUT2D eigenvalue weighted by molar-refractivity contribution is 1.33. The molecule has 10 N–H and O–H groups in total. The fraction of sp³-hybridized carbons (Fsp3) is 0. The molecule has 2 rings (SSSR count). The summed E-state index contributed by atoms with van der Waals surface area (Å²) in [5.41, 5.74) is 24.7. The Morgan fingerprint density at radius 1 is 0.812 bits per heavy atom. The molecule has 0 unspecified atom stereocenters. The highest BCUT2D eigenvalue weighted by Crippen LogP contribution is 2.32. The Kier molecular flexibility index (Phi) is 1.88. The summed E-state index contributed by atoms with van der Waals surface area (Å²) < 4.78 is 0. The lowest BCUT2D eigenvalue weighted by Gasteiger charge is -2.22. The fourth-order valence-corrected chi connectivity index (χ4v) is 1.67. The summed E-state index contributed by atoms with van der Waals surface area (Å²) in [6.45, 7) is 0. The first-order valence-electron chi connectivity index (χ1n) is 4.57. The number of hydrogen-bond acceptors (Lipinski definition) is 6. The number of nitrogen functional groups attached to an aromatic ring is 2. The summed E-state index contributed by atoms with van der Waals surface area (Å²) in [4.78, 5) is 0. The number of allylic oxidation sites excluding steroid dienone is 1. The molecule has 0 amide bonds. The maximum Gasteiger partial charge on any atom is 0.105 e. The van der Waals surface area contributed by atoms with E-state index in [4.69, 9.17) is 33.8 Å². The number of benzene rings is 1. The van der Waals surface area contributed by atoms with E-state index in [-0.39, 0.29) is 22.8 Å². The van der Waals surface area contributed by atoms with Crippen LogP contribution in [-0.4, -0.2) is 11.4 Å². The average molecular weight is 216 g/mol. The van der Waals surface area contributed by atoms with E-state index >= 15 is 0 Å². The first kappa shape index (κ1) is 10.0. The van der Waals surface area contributed by atoms with E-state index in [0.717, 1.165) is 0 Å². The maximum absolute atomic E-state index is 7.77. The third kappa shape index (κ3) is 1.07. The van der Waals surface area contributed by atoms with Gasteiger partial charge in [-0.15, -0.1) is 0 Å². The third-order valence-electron chi connectivity index (χ3n) is 2.63. The van der Waals surface area contributed by atoms with Gasteiger partial charge in [-0.2, -0.15) is 0 Å². The number of nitrogens with one attached hydrogen (secondary N) is 2. The summed E-state index contributed by atoms with van der Waals surface area (Å²) in [5, 5.41) is 15.4. The van der Waals surface area contributed by atoms with Gasteiger partial charge in [0.2, 0.25) is 0 Å². The number of nitrogens with two attached hydrogens (primary N) is 4. The van der Waals surface area contributed by atoms with E-state index in [0.29, 0.717) is 22.5 Å². The predicted octanol–water partition coefficient (Wildman–Crippen LogP) is -0.162. The lowest BCUT2D eigenvalue weighted by Crippen LogP contribution is -2.30. The smallest absolute Gasteiger partial charge is 0.105 e. The van der Waals surface area contributed by atoms with Crippen molar-refractivity contribution < 1.29 is 0 Å². The van der Waals surface area contributed by atoms with Crippen LogP contribution in [0, 0.1) is 10.8 Å². The van der Waals surface area contributed by atoms with Crippen LogP contribution < -0.4 is 22.9 Å². The highest BCUT2D eigenvalue weighted by molar-refractivity contribution is 6.54. The fourth-order valence-electron chi connectivity index (χ4n) is 1.67. The minimum Gasteiger partial charge on any atom is -0.397 e. The van der Waals surface area contributed by atoms with Crippen LogP contribution in [0.15, 0.2) is 17.8 Å². The molecule has 1 aliphatic carbocycles. The molecule has 6 heteroatoms. The summed E-state index contributed by atoms with van der Waals surface area (Å²) in [5.74, 6) is 0. The number of fused-ring (bicyclic) bond motifs is 1. The Hall–Kier alpha value is -2.50. The monoisotopic (exact) mass is 216 g/mol. The van der Waals surface area contributed by atoms with Crippen molar-refractivity contribution in [2.45, 2.75) is 0 Å². The maximum atomic E-state index is 7.77. The van der Waals surface area contributed by atoms with Crippen molar-refractivity contribution in [3.05, 3.63) is 29.0 Å². The topological polar surface area (TPSA) is 152 Å². The average Bonchev–Trinajstić information content (AvgIpc) is 2.27. The first-order valence-corrected chi connectivity index (χ1v) is 4.57. The van der Waals surface area contributed by atoms with Crippen molar-refractivity contribution in [3.63, 3.8) is 0 Å². The van der Waals surface area contributed by atoms with Gasteiger partial charge >= 0.3 is 0 Å². The van der Waals surface area contributed by atoms with Gasteiger partial charge in [0.25, 0.3) is 0 Å². The molecule has 1 aromatic rings. The van der Waals surface area contributed by atoms with Crippen LogP contribution in [-0.2, 0) is 0 Å². The lowest BCUT2D eigenvalue weighted by atomic mass is 9.88. The Bertz CT molecular complexity index is 555. The molecule has 0 heterocycles. The molecule has 0 saturated carbocycles. The highest BCUT2D eigenvalue weighted by atomic mass is 14.8. The molecule has 0 aliphatic heterocycles. The predicted molar refractivity (Wildman–Crippen MR) is 65.1 cm³/mol. The van der Waals surface area contributed by atoms with E-state index < -0.39 is 0 Å². The SMILES string of the molecule is N=C1C(=N)c2ccc(N)c(N)c2C(N)=C1N. The second-order valence-corrected chi connectivity index (χ2v) is 3.57. The van der Waals surface area contributed by atoms with Crippen LogP contribution in [0.2, 0.25) is 0 Å². The molecule has 1 aromatic carbocycles. The summed E-state index contributed by atoms with van der Waals surface area (Å²) in [6, 6.07) is 3.21. The van der Waals surface area contributed by atoms with E-state index in [1.54, 1.807) is 12.1 Å². The molecular weight excluding hydrogens is 204 g/mol. The van der Waals surface area contributed by atoms with Crippen molar-refractivity contribution in [2.24, 2.45) is 11.5 Å². The van der Waals surface area contributed by atoms with Gasteiger partial charge in [-0.3, -0.25) is 10.8 Å². The van der Waals surface area contributed by atoms with E-state index in [1.165, 1.54) is 0 Å². The Balaban J connectivity index is 2.87. The zero-order chi connectivity index (χ0) is 12.0. The molecule has 16 heavy (non-hydrogen) atoms. The van der Waals surface area contributed by atoms with Crippen LogP contribution >= 0.6 is 0 Å². The van der Waals surface area contributed by atoms with Gasteiger partial charge in [-0.1, -0.05) is 0 Å². The van der Waals surface area contributed by atoms with Crippen molar-refractivity contribution >= 4 is 28.5 Å². The second-order valence-electron chi connectivity index (χ2n) is 3.57. The zero-order valence-corrected chi connectivity index (χ0v) is 8.46. The van der Waals surface area contributed by atoms with Crippen LogP contribution in [0.3, 0.4) is 0 Å². The quantitative estimate of drug-likeness (QED) is 0.333. The molecule has 1 aliphatic rings. The Labute approximate surface area is 91.9 Å². The molecule has 0 fully saturated rings. The molecular formula is C10H12N6. The van der Waals surface area contributed by atoms with Crippen molar-refractivity contribution in [3.8, 4) is 0 Å². The summed E-state index contributed by atoms with van der Waals surface area (Å²) in [6.07, 6.45) is 0. The molecule has 0 spiro atoms. The van der Waals surface area contributed by atoms with Gasteiger partial charge in [-0.25, -0.2) is 0 Å². The van der Waals surface area contributed by atoms with Crippen molar-refractivity contribution in [2.75, 3.05) is 11.5 Å². The number of rotatable bonds is 0. The Morgan fingerprint density at radius 3 is 2.06 bits per heavy atom. The van der Waals surface area contributed by atoms with Gasteiger partial charge in [0.05, 0.1) is 28.5 Å². The van der Waals surface area contributed by atoms with Crippen LogP contribution in [0.4, 0.5) is 11.4 Å². The minimum atomic E-state index is -0.0887. The van der Waals surface area contributed by atoms with Crippen molar-refractivity contribution in [1.82, 2.24) is 0 Å². The van der Waals surface area contributed by atoms with E-state index in [2.05, 4.69) is 0 Å². The van der Waals surface area contributed by atoms with Crippen LogP contribution in [0.25, 0.3) is 5.70 Å². The van der Waals surface area contributed by atoms with E-state index in [9.17, 15) is 0 Å². The van der Waals surface area contributed by atoms with Gasteiger partial charge in [0.15, 0.2) is 0 Å². The Morgan fingerprint density at radius 2 is 1.44 bits per heavy atom. The molecule has 82 valence electrons. The molecule has 6 nitrogen and oxygen atoms in total. The zero-order valence-electron chi connectivity index (χ0n) is 8.46. The number of hydrogen-bond donors (Lipinski definition) is 6. The van der Waals surface area contributed by atoms with Crippen LogP contribution in [0.5, 0.6) is 0 Å². The molecule has 0 atom stereocenters. The molecule has 0 aromatic heterocycles. The number of anilines is 2. The van der Waals surface area contributed by atoms with E-state index in [1.807, 2.05) is 0 Å². The molecule has 0 saturated heterocycles. The molecule has 0 bridgehead atoms. The highest BCUT2D eigenvalue weighted by Gasteiger charge is 2.26. The first-order chi connectivity index (χ1) is 7.45. The van der Waals surface area contributed by atoms with Crippen LogP contribution in [0.1, 0.15) is 11.1 Å². The summed E-state index contributed by atoms with van der Waals surface area (Å²) >= 11 is 0. The standard InChI is InChI=1S/C10H12N6/c11-4-2-1-3-5(7(4)13)8(14)10(16)9(15)6(3)12/h1-2,12,15H,11,13-14,16H2. The second kappa shape index (κ2) is 2.99. The van der Waals surface area contributed by atoms with Gasteiger partial charge < -0.3 is 22.9 Å². The van der Waals surface area contributed by atoms with Gasteiger partial charge in [-0.05, 0) is 12.1 Å². The van der Waals surface area contributed by atoms with Gasteiger partial charge in [0, 0.05) is 11.1 Å². The van der Waals surface area contributed by atoms with Crippen molar-refractivity contribution in [1.29, 1.82) is 10.8 Å². The minimum absolute atomic E-state index is 0.00778. The normalized spacial score (nSPS) is 15.2. The largest absolute Gasteiger partial charge is 0.397 e. The molecule has 0 radical (unpaired) electrons. The summed E-state index contributed by atoms with van der Waals surface area (Å²) in [7, 11) is 0.